The van der Waals surface area contributed by atoms with Gasteiger partial charge in [0.05, 0.1) is 16.5 Å². The average molecular weight is 449 g/mol. The van der Waals surface area contributed by atoms with E-state index in [1.165, 1.54) is 5.56 Å². The molecule has 4 nitrogen and oxygen atoms in total. The average Bonchev–Trinajstić information content (AvgIpc) is 2.69. The SMILES string of the molecule is Cc1ccc(CC(=O)N(Cc2ccc(Cl)c(Cl)c2)[C@@H](C)C(=O)NCC(C)C)cc1C. The van der Waals surface area contributed by atoms with Crippen LogP contribution in [0.15, 0.2) is 36.4 Å². The van der Waals surface area contributed by atoms with Gasteiger partial charge in [0.25, 0.3) is 0 Å². The van der Waals surface area contributed by atoms with Crippen molar-refractivity contribution in [3.8, 4) is 0 Å². The molecular formula is C24H30Cl2N2O2. The maximum atomic E-state index is 13.2. The summed E-state index contributed by atoms with van der Waals surface area (Å²) < 4.78 is 0. The van der Waals surface area contributed by atoms with Crippen LogP contribution in [0.25, 0.3) is 0 Å². The van der Waals surface area contributed by atoms with Crippen LogP contribution in [0, 0.1) is 19.8 Å². The van der Waals surface area contributed by atoms with Crippen LogP contribution in [0.5, 0.6) is 0 Å². The molecule has 6 heteroatoms. The van der Waals surface area contributed by atoms with Gasteiger partial charge >= 0.3 is 0 Å². The van der Waals surface area contributed by atoms with E-state index in [9.17, 15) is 9.59 Å². The van der Waals surface area contributed by atoms with Crippen molar-refractivity contribution in [3.63, 3.8) is 0 Å². The monoisotopic (exact) mass is 448 g/mol. The Morgan fingerprint density at radius 2 is 1.60 bits per heavy atom. The van der Waals surface area contributed by atoms with Crippen molar-refractivity contribution in [1.29, 1.82) is 0 Å². The number of carbonyl (C=O) groups excluding carboxylic acids is 2. The predicted octanol–water partition coefficient (Wildman–Crippen LogP) is 5.34. The third kappa shape index (κ3) is 6.75. The molecule has 0 unspecified atom stereocenters. The Balaban J connectivity index is 2.25. The number of aryl methyl sites for hydroxylation is 2. The maximum absolute atomic E-state index is 13.2. The number of hydrogen-bond donors (Lipinski definition) is 1. The number of nitrogens with one attached hydrogen (secondary N) is 1. The minimum Gasteiger partial charge on any atom is -0.354 e. The van der Waals surface area contributed by atoms with E-state index >= 15 is 0 Å². The van der Waals surface area contributed by atoms with Gasteiger partial charge < -0.3 is 10.2 Å². The fourth-order valence-electron chi connectivity index (χ4n) is 3.06. The van der Waals surface area contributed by atoms with Crippen LogP contribution in [-0.2, 0) is 22.6 Å². The van der Waals surface area contributed by atoms with Gasteiger partial charge in [0.1, 0.15) is 6.04 Å². The molecule has 0 fully saturated rings. The molecule has 2 rings (SSSR count). The molecule has 162 valence electrons. The van der Waals surface area contributed by atoms with Crippen LogP contribution in [0.3, 0.4) is 0 Å². The van der Waals surface area contributed by atoms with Crippen molar-refractivity contribution in [2.45, 2.75) is 53.6 Å². The molecule has 2 aromatic rings. The zero-order valence-corrected chi connectivity index (χ0v) is 19.8. The van der Waals surface area contributed by atoms with E-state index in [4.69, 9.17) is 23.2 Å². The van der Waals surface area contributed by atoms with E-state index in [-0.39, 0.29) is 24.8 Å². The van der Waals surface area contributed by atoms with Crippen LogP contribution in [-0.4, -0.2) is 29.3 Å². The lowest BCUT2D eigenvalue weighted by Gasteiger charge is -2.29. The molecule has 0 aliphatic carbocycles. The molecule has 1 atom stereocenters. The van der Waals surface area contributed by atoms with Gasteiger partial charge in [-0.2, -0.15) is 0 Å². The van der Waals surface area contributed by atoms with Crippen LogP contribution in [0.2, 0.25) is 10.0 Å². The Morgan fingerprint density at radius 1 is 0.933 bits per heavy atom. The number of benzene rings is 2. The zero-order valence-electron chi connectivity index (χ0n) is 18.3. The first-order valence-electron chi connectivity index (χ1n) is 10.2. The molecule has 0 bridgehead atoms. The lowest BCUT2D eigenvalue weighted by atomic mass is 10.0. The summed E-state index contributed by atoms with van der Waals surface area (Å²) in [6.07, 6.45) is 0.226. The first-order chi connectivity index (χ1) is 14.1. The molecule has 2 aromatic carbocycles. The fraction of sp³-hybridized carbons (Fsp3) is 0.417. The molecule has 0 aliphatic rings. The second-order valence-corrected chi connectivity index (χ2v) is 8.99. The Hall–Kier alpha value is -2.04. The Kier molecular flexibility index (Phi) is 8.75. The summed E-state index contributed by atoms with van der Waals surface area (Å²) >= 11 is 12.2. The Morgan fingerprint density at radius 3 is 2.20 bits per heavy atom. The third-order valence-corrected chi connectivity index (χ3v) is 5.85. The molecule has 2 amide bonds. The lowest BCUT2D eigenvalue weighted by molar-refractivity contribution is -0.140. The highest BCUT2D eigenvalue weighted by Gasteiger charge is 2.26. The summed E-state index contributed by atoms with van der Waals surface area (Å²) in [5, 5.41) is 3.80. The predicted molar refractivity (Wildman–Crippen MR) is 124 cm³/mol. The third-order valence-electron chi connectivity index (χ3n) is 5.12. The van der Waals surface area contributed by atoms with Crippen LogP contribution in [0.4, 0.5) is 0 Å². The number of hydrogen-bond acceptors (Lipinski definition) is 2. The molecule has 0 aromatic heterocycles. The van der Waals surface area contributed by atoms with Gasteiger partial charge in [-0.3, -0.25) is 9.59 Å². The number of amides is 2. The second-order valence-electron chi connectivity index (χ2n) is 8.18. The first-order valence-corrected chi connectivity index (χ1v) is 10.9. The summed E-state index contributed by atoms with van der Waals surface area (Å²) in [5.41, 5.74) is 4.07. The molecule has 0 heterocycles. The van der Waals surface area contributed by atoms with Crippen molar-refractivity contribution in [1.82, 2.24) is 10.2 Å². The molecule has 0 spiro atoms. The van der Waals surface area contributed by atoms with E-state index in [0.717, 1.165) is 16.7 Å². The molecule has 0 saturated carbocycles. The molecule has 1 N–H and O–H groups in total. The van der Waals surface area contributed by atoms with Gasteiger partial charge in [-0.15, -0.1) is 0 Å². The van der Waals surface area contributed by atoms with Crippen molar-refractivity contribution in [3.05, 3.63) is 68.7 Å². The second kappa shape index (κ2) is 10.8. The van der Waals surface area contributed by atoms with Gasteiger partial charge in [0.15, 0.2) is 0 Å². The summed E-state index contributed by atoms with van der Waals surface area (Å²) in [5.74, 6) is 0.0460. The zero-order chi connectivity index (χ0) is 22.4. The fourth-order valence-corrected chi connectivity index (χ4v) is 3.38. The van der Waals surface area contributed by atoms with E-state index in [0.29, 0.717) is 22.5 Å². The van der Waals surface area contributed by atoms with E-state index in [1.54, 1.807) is 24.0 Å². The van der Waals surface area contributed by atoms with Gasteiger partial charge in [0.2, 0.25) is 11.8 Å². The number of rotatable bonds is 8. The van der Waals surface area contributed by atoms with Crippen LogP contribution < -0.4 is 5.32 Å². The van der Waals surface area contributed by atoms with Crippen molar-refractivity contribution in [2.24, 2.45) is 5.92 Å². The maximum Gasteiger partial charge on any atom is 0.242 e. The quantitative estimate of drug-likeness (QED) is 0.591. The smallest absolute Gasteiger partial charge is 0.242 e. The summed E-state index contributed by atoms with van der Waals surface area (Å²) in [4.78, 5) is 27.5. The van der Waals surface area contributed by atoms with Gasteiger partial charge in [-0.05, 0) is 61.1 Å². The Bertz CT molecular complexity index is 912. The number of carbonyl (C=O) groups is 2. The van der Waals surface area contributed by atoms with E-state index < -0.39 is 6.04 Å². The largest absolute Gasteiger partial charge is 0.354 e. The van der Waals surface area contributed by atoms with Gasteiger partial charge in [-0.25, -0.2) is 0 Å². The molecule has 0 aliphatic heterocycles. The molecule has 30 heavy (non-hydrogen) atoms. The lowest BCUT2D eigenvalue weighted by Crippen LogP contribution is -2.48. The van der Waals surface area contributed by atoms with Gasteiger partial charge in [0, 0.05) is 13.1 Å². The number of nitrogens with zero attached hydrogens (tertiary/aromatic N) is 1. The normalized spacial score (nSPS) is 12.0. The van der Waals surface area contributed by atoms with Crippen molar-refractivity contribution in [2.75, 3.05) is 6.54 Å². The molecular weight excluding hydrogens is 419 g/mol. The standard InChI is InChI=1S/C24H30Cl2N2O2/c1-15(2)13-27-24(30)18(5)28(14-20-8-9-21(25)22(26)11-20)23(29)12-19-7-6-16(3)17(4)10-19/h6-11,15,18H,12-14H2,1-5H3,(H,27,30)/t18-/m0/s1. The minimum atomic E-state index is -0.614. The highest BCUT2D eigenvalue weighted by Crippen LogP contribution is 2.24. The minimum absolute atomic E-state index is 0.114. The highest BCUT2D eigenvalue weighted by molar-refractivity contribution is 6.42. The molecule has 0 saturated heterocycles. The summed E-state index contributed by atoms with van der Waals surface area (Å²) in [7, 11) is 0. The topological polar surface area (TPSA) is 49.4 Å². The first kappa shape index (κ1) is 24.2. The summed E-state index contributed by atoms with van der Waals surface area (Å²) in [6, 6.07) is 10.6. The van der Waals surface area contributed by atoms with E-state index in [1.807, 2.05) is 52.0 Å². The van der Waals surface area contributed by atoms with Gasteiger partial charge in [-0.1, -0.05) is 61.3 Å². The van der Waals surface area contributed by atoms with Crippen LogP contribution >= 0.6 is 23.2 Å². The van der Waals surface area contributed by atoms with E-state index in [2.05, 4.69) is 5.32 Å². The van der Waals surface area contributed by atoms with Crippen LogP contribution in [0.1, 0.15) is 43.0 Å². The van der Waals surface area contributed by atoms with Crippen molar-refractivity contribution < 1.29 is 9.59 Å². The summed E-state index contributed by atoms with van der Waals surface area (Å²) in [6.45, 7) is 10.7. The van der Waals surface area contributed by atoms with Crippen molar-refractivity contribution >= 4 is 35.0 Å². The number of halogens is 2. The molecule has 0 radical (unpaired) electrons. The highest BCUT2D eigenvalue weighted by atomic mass is 35.5. The Labute approximate surface area is 189 Å².